The monoisotopic (exact) mass is 706 g/mol. The highest BCUT2D eigenvalue weighted by atomic mass is 32.7. The number of aromatic nitrogens is 8. The van der Waals surface area contributed by atoms with Gasteiger partial charge in [0.25, 0.3) is 5.56 Å². The number of nitrogens with one attached hydrogen (secondary N) is 1. The third-order valence-electron chi connectivity index (χ3n) is 7.32. The number of rotatable bonds is 2. The molecule has 3 unspecified atom stereocenters. The summed E-state index contributed by atoms with van der Waals surface area (Å²) in [5, 5.41) is 22.5. The van der Waals surface area contributed by atoms with Gasteiger partial charge in [-0.2, -0.15) is 4.98 Å². The number of aromatic amines is 1. The van der Waals surface area contributed by atoms with Crippen LogP contribution in [-0.2, 0) is 43.9 Å². The number of hydrogen-bond donors (Lipinski definition) is 7. The molecule has 7 heterocycles. The first-order chi connectivity index (χ1) is 21.3. The molecule has 10 atom stereocenters. The van der Waals surface area contributed by atoms with Crippen molar-refractivity contribution in [3.05, 3.63) is 29.3 Å². The van der Waals surface area contributed by atoms with Crippen LogP contribution < -0.4 is 17.0 Å². The molecule has 3 aliphatic heterocycles. The Hall–Kier alpha value is -2.63. The second-order valence-electron chi connectivity index (χ2n) is 10.1. The van der Waals surface area contributed by atoms with E-state index in [9.17, 15) is 24.5 Å². The zero-order chi connectivity index (χ0) is 31.8. The van der Waals surface area contributed by atoms with Gasteiger partial charge in [0.2, 0.25) is 5.95 Å². The SMILES string of the molecule is Nc1nc2c(ncn2[C@@H]2O[C@@H]3COP(O)(=S)O[C@@H]4C(COP(=O)(S)O[C@H]3[C@H]2O)O[C@@H](n2cnc3c(N)ncnc32)[C@@H]4O)c(=O)[nH]1. The van der Waals surface area contributed by atoms with Gasteiger partial charge in [0.15, 0.2) is 35.1 Å². The molecule has 0 aromatic carbocycles. The molecule has 8 N–H and O–H groups in total. The number of anilines is 2. The molecule has 3 aliphatic rings. The van der Waals surface area contributed by atoms with Crippen molar-refractivity contribution in [2.24, 2.45) is 0 Å². The Kier molecular flexibility index (Phi) is 7.76. The van der Waals surface area contributed by atoms with Crippen molar-refractivity contribution in [1.82, 2.24) is 39.0 Å². The van der Waals surface area contributed by atoms with E-state index in [4.69, 9.17) is 50.8 Å². The van der Waals surface area contributed by atoms with Gasteiger partial charge in [0, 0.05) is 0 Å². The minimum atomic E-state index is -4.31. The Balaban J connectivity index is 1.17. The summed E-state index contributed by atoms with van der Waals surface area (Å²) in [5.41, 5.74) is 11.3. The maximum absolute atomic E-state index is 13.4. The fourth-order valence-electron chi connectivity index (χ4n) is 5.32. The predicted octanol–water partition coefficient (Wildman–Crippen LogP) is -1.29. The Morgan fingerprint density at radius 3 is 2.22 bits per heavy atom. The van der Waals surface area contributed by atoms with Crippen LogP contribution >= 0.6 is 25.8 Å². The number of fused-ring (bicyclic) bond motifs is 4. The minimum Gasteiger partial charge on any atom is -0.386 e. The minimum absolute atomic E-state index is 0.0206. The van der Waals surface area contributed by atoms with Crippen LogP contribution in [0.4, 0.5) is 11.8 Å². The van der Waals surface area contributed by atoms with E-state index in [1.54, 1.807) is 0 Å². The normalized spacial score (nSPS) is 37.7. The van der Waals surface area contributed by atoms with Crippen LogP contribution in [-0.4, -0.2) is 104 Å². The Morgan fingerprint density at radius 2 is 1.53 bits per heavy atom. The fourth-order valence-corrected chi connectivity index (χ4v) is 8.25. The quantitative estimate of drug-likeness (QED) is 0.0942. The molecule has 0 bridgehead atoms. The van der Waals surface area contributed by atoms with Crippen molar-refractivity contribution >= 4 is 71.7 Å². The standard InChI is InChI=1S/C20H24N10O11P2S2/c21-14-8-15(24-3-23-14)29(4-25-8)18-10(31)12-6(38-18)1-36-43(35,45)41-13-7(2-37-42(34,44)40-12)39-19(11(13)32)30-5-26-9-16(30)27-20(22)28-17(9)33/h3-7,10-13,18-19,31-32H,1-2H2,(H,34,44)(H,35,45)(H2,21,23,24)(H3,22,27,28,33)/t6?,7-,10-,11-,12-,13-,18-,19-,42?,43?/m1/s1. The molecular weight excluding hydrogens is 682 g/mol. The zero-order valence-electron chi connectivity index (χ0n) is 22.4. The van der Waals surface area contributed by atoms with Gasteiger partial charge < -0.3 is 40.6 Å². The number of imidazole rings is 2. The molecule has 25 heteroatoms. The summed E-state index contributed by atoms with van der Waals surface area (Å²) in [6.07, 6.45) is -7.17. The van der Waals surface area contributed by atoms with Crippen LogP contribution in [0.15, 0.2) is 23.8 Å². The predicted molar refractivity (Wildman–Crippen MR) is 157 cm³/mol. The van der Waals surface area contributed by atoms with Crippen molar-refractivity contribution in [3.8, 4) is 0 Å². The molecule has 0 spiro atoms. The van der Waals surface area contributed by atoms with Crippen molar-refractivity contribution < 1.29 is 47.2 Å². The number of H-pyrrole nitrogens is 1. The highest BCUT2D eigenvalue weighted by molar-refractivity contribution is 8.44. The molecule has 21 nitrogen and oxygen atoms in total. The van der Waals surface area contributed by atoms with E-state index in [0.29, 0.717) is 0 Å². The van der Waals surface area contributed by atoms with Crippen molar-refractivity contribution in [2.45, 2.75) is 49.1 Å². The van der Waals surface area contributed by atoms with E-state index in [1.165, 1.54) is 28.1 Å². The van der Waals surface area contributed by atoms with E-state index < -0.39 is 81.4 Å². The van der Waals surface area contributed by atoms with Gasteiger partial charge in [-0.05, 0) is 11.8 Å². The summed E-state index contributed by atoms with van der Waals surface area (Å²) in [6.45, 7) is -9.58. The van der Waals surface area contributed by atoms with E-state index in [0.717, 1.165) is 0 Å². The topological polar surface area (TPSA) is 292 Å². The molecule has 4 aromatic rings. The number of nitrogens with zero attached hydrogens (tertiary/aromatic N) is 7. The highest BCUT2D eigenvalue weighted by Crippen LogP contribution is 2.58. The van der Waals surface area contributed by atoms with E-state index in [2.05, 4.69) is 42.2 Å². The largest absolute Gasteiger partial charge is 0.386 e. The zero-order valence-corrected chi connectivity index (χ0v) is 25.9. The average molecular weight is 707 g/mol. The van der Waals surface area contributed by atoms with Gasteiger partial charge in [0.1, 0.15) is 48.5 Å². The third-order valence-corrected chi connectivity index (χ3v) is 10.5. The van der Waals surface area contributed by atoms with E-state index >= 15 is 0 Å². The molecule has 242 valence electrons. The summed E-state index contributed by atoms with van der Waals surface area (Å²) in [4.78, 5) is 45.8. The first-order valence-electron chi connectivity index (χ1n) is 13.0. The molecule has 0 radical (unpaired) electrons. The van der Waals surface area contributed by atoms with Gasteiger partial charge in [-0.25, -0.2) is 24.5 Å². The van der Waals surface area contributed by atoms with Crippen LogP contribution in [0.1, 0.15) is 12.5 Å². The second kappa shape index (κ2) is 11.3. The maximum Gasteiger partial charge on any atom is 0.386 e. The lowest BCUT2D eigenvalue weighted by atomic mass is 10.1. The van der Waals surface area contributed by atoms with Crippen LogP contribution in [0.2, 0.25) is 0 Å². The van der Waals surface area contributed by atoms with Crippen LogP contribution in [0, 0.1) is 0 Å². The van der Waals surface area contributed by atoms with Crippen LogP contribution in [0.3, 0.4) is 0 Å². The lowest BCUT2D eigenvalue weighted by Crippen LogP contribution is -2.38. The fraction of sp³-hybridized carbons (Fsp3) is 0.500. The van der Waals surface area contributed by atoms with Gasteiger partial charge in [0.05, 0.1) is 25.9 Å². The molecule has 0 amide bonds. The summed E-state index contributed by atoms with van der Waals surface area (Å²) < 4.78 is 50.3. The maximum atomic E-state index is 13.4. The van der Waals surface area contributed by atoms with Gasteiger partial charge in [-0.3, -0.25) is 32.5 Å². The molecule has 3 fully saturated rings. The number of aliphatic hydroxyl groups is 2. The highest BCUT2D eigenvalue weighted by Gasteiger charge is 2.53. The average Bonchev–Trinajstić information content (AvgIpc) is 3.72. The smallest absolute Gasteiger partial charge is 0.386 e. The first-order valence-corrected chi connectivity index (χ1v) is 18.2. The van der Waals surface area contributed by atoms with E-state index in [-0.39, 0.29) is 34.1 Å². The summed E-state index contributed by atoms with van der Waals surface area (Å²) in [6, 6.07) is 0. The molecule has 7 rings (SSSR count). The summed E-state index contributed by atoms with van der Waals surface area (Å²) in [5.74, 6) is -0.118. The second-order valence-corrected chi connectivity index (χ2v) is 15.8. The van der Waals surface area contributed by atoms with E-state index in [1.807, 2.05) is 0 Å². The number of aliphatic hydroxyl groups excluding tert-OH is 2. The number of ether oxygens (including phenoxy) is 2. The van der Waals surface area contributed by atoms with Crippen LogP contribution in [0.25, 0.3) is 22.3 Å². The summed E-state index contributed by atoms with van der Waals surface area (Å²) >= 11 is 9.28. The molecular formula is C20H24N10O11P2S2. The Labute approximate surface area is 260 Å². The number of nitrogens with two attached hydrogens (primary N) is 2. The molecule has 45 heavy (non-hydrogen) atoms. The molecule has 0 aliphatic carbocycles. The van der Waals surface area contributed by atoms with Crippen molar-refractivity contribution in [1.29, 1.82) is 0 Å². The number of nitrogen functional groups attached to an aromatic ring is 2. The lowest BCUT2D eigenvalue weighted by Gasteiger charge is -2.29. The number of hydrogen-bond acceptors (Lipinski definition) is 18. The lowest BCUT2D eigenvalue weighted by molar-refractivity contribution is -0.0577. The van der Waals surface area contributed by atoms with Crippen molar-refractivity contribution in [2.75, 3.05) is 24.7 Å². The van der Waals surface area contributed by atoms with Gasteiger partial charge in [-0.1, -0.05) is 12.2 Å². The van der Waals surface area contributed by atoms with Gasteiger partial charge in [-0.15, -0.1) is 0 Å². The van der Waals surface area contributed by atoms with Crippen molar-refractivity contribution in [3.63, 3.8) is 0 Å². The molecule has 3 saturated heterocycles. The summed E-state index contributed by atoms with van der Waals surface area (Å²) in [7, 11) is 0. The van der Waals surface area contributed by atoms with Crippen LogP contribution in [0.5, 0.6) is 0 Å². The molecule has 4 aromatic heterocycles. The Morgan fingerprint density at radius 1 is 0.933 bits per heavy atom. The molecule has 0 saturated carbocycles. The third kappa shape index (κ3) is 5.56. The Bertz CT molecular complexity index is 1940. The van der Waals surface area contributed by atoms with Gasteiger partial charge >= 0.3 is 13.5 Å². The first kappa shape index (κ1) is 31.0. The number of thiol groups is 1.